The zero-order valence-corrected chi connectivity index (χ0v) is 16.3. The standard InChI is InChI=1S/C19H12IN5O3/c20-13-7-6-12(14(8-13)18(27)28)10-22-25-19-23-16(11-4-2-1-3-5-11)15(9-21)17(26)24-19/h1-8,10H,(H,27,28)(H2,23,24,25,26). The Hall–Kier alpha value is -3.52. The maximum atomic E-state index is 12.2. The third-order valence-corrected chi connectivity index (χ3v) is 4.37. The Bertz CT molecular complexity index is 1170. The van der Waals surface area contributed by atoms with Crippen LogP contribution in [0.15, 0.2) is 58.4 Å². The lowest BCUT2D eigenvalue weighted by atomic mass is 10.1. The molecular weight excluding hydrogens is 473 g/mol. The van der Waals surface area contributed by atoms with E-state index in [1.165, 1.54) is 12.3 Å². The fourth-order valence-corrected chi connectivity index (χ4v) is 2.92. The number of anilines is 1. The van der Waals surface area contributed by atoms with Crippen molar-refractivity contribution in [3.05, 3.63) is 79.1 Å². The number of hydrogen-bond acceptors (Lipinski definition) is 6. The minimum absolute atomic E-state index is 0.0292. The summed E-state index contributed by atoms with van der Waals surface area (Å²) < 4.78 is 0.783. The number of H-pyrrole nitrogens is 1. The molecule has 0 radical (unpaired) electrons. The molecule has 2 aromatic carbocycles. The van der Waals surface area contributed by atoms with Crippen LogP contribution in [0.5, 0.6) is 0 Å². The second-order valence-electron chi connectivity index (χ2n) is 5.52. The third kappa shape index (κ3) is 4.24. The van der Waals surface area contributed by atoms with E-state index in [0.717, 1.165) is 3.57 Å². The number of hydrogen-bond donors (Lipinski definition) is 3. The highest BCUT2D eigenvalue weighted by molar-refractivity contribution is 14.1. The average Bonchev–Trinajstić information content (AvgIpc) is 2.69. The molecule has 0 spiro atoms. The summed E-state index contributed by atoms with van der Waals surface area (Å²) in [4.78, 5) is 30.2. The van der Waals surface area contributed by atoms with Gasteiger partial charge in [-0.05, 0) is 34.7 Å². The van der Waals surface area contributed by atoms with Crippen LogP contribution < -0.4 is 11.0 Å². The lowest BCUT2D eigenvalue weighted by Crippen LogP contribution is -2.16. The van der Waals surface area contributed by atoms with Crippen LogP contribution in [0.3, 0.4) is 0 Å². The number of carboxylic acid groups (broad SMARTS) is 1. The van der Waals surface area contributed by atoms with Crippen molar-refractivity contribution in [1.29, 1.82) is 5.26 Å². The number of aromatic carboxylic acids is 1. The molecule has 1 heterocycles. The van der Waals surface area contributed by atoms with Crippen LogP contribution in [0, 0.1) is 14.9 Å². The molecule has 3 aromatic rings. The summed E-state index contributed by atoms with van der Waals surface area (Å²) in [5, 5.41) is 22.5. The lowest BCUT2D eigenvalue weighted by molar-refractivity contribution is 0.0696. The van der Waals surface area contributed by atoms with Crippen molar-refractivity contribution in [2.75, 3.05) is 5.43 Å². The predicted octanol–water partition coefficient (Wildman–Crippen LogP) is 3.06. The molecule has 0 fully saturated rings. The van der Waals surface area contributed by atoms with E-state index in [4.69, 9.17) is 0 Å². The van der Waals surface area contributed by atoms with Gasteiger partial charge in [0.15, 0.2) is 0 Å². The van der Waals surface area contributed by atoms with Gasteiger partial charge < -0.3 is 5.11 Å². The Morgan fingerprint density at radius 3 is 2.71 bits per heavy atom. The van der Waals surface area contributed by atoms with Gasteiger partial charge in [-0.1, -0.05) is 36.4 Å². The van der Waals surface area contributed by atoms with Crippen molar-refractivity contribution >= 4 is 40.7 Å². The SMILES string of the molecule is N#Cc1c(-c2ccccc2)nc(NN=Cc2ccc(I)cc2C(=O)O)[nH]c1=O. The van der Waals surface area contributed by atoms with E-state index in [9.17, 15) is 20.0 Å². The van der Waals surface area contributed by atoms with Crippen LogP contribution in [0.1, 0.15) is 21.5 Å². The van der Waals surface area contributed by atoms with Crippen LogP contribution >= 0.6 is 22.6 Å². The zero-order chi connectivity index (χ0) is 20.1. The largest absolute Gasteiger partial charge is 0.478 e. The summed E-state index contributed by atoms with van der Waals surface area (Å²) in [6.07, 6.45) is 1.32. The van der Waals surface area contributed by atoms with Gasteiger partial charge in [0.05, 0.1) is 17.5 Å². The number of nitriles is 1. The van der Waals surface area contributed by atoms with Gasteiger partial charge in [0.25, 0.3) is 5.56 Å². The highest BCUT2D eigenvalue weighted by Gasteiger charge is 2.13. The molecule has 0 aliphatic rings. The first kappa shape index (κ1) is 19.2. The third-order valence-electron chi connectivity index (χ3n) is 3.70. The first-order chi connectivity index (χ1) is 13.5. The van der Waals surface area contributed by atoms with Crippen molar-refractivity contribution in [2.45, 2.75) is 0 Å². The summed E-state index contributed by atoms with van der Waals surface area (Å²) in [7, 11) is 0. The monoisotopic (exact) mass is 485 g/mol. The van der Waals surface area contributed by atoms with Gasteiger partial charge >= 0.3 is 5.97 Å². The minimum Gasteiger partial charge on any atom is -0.478 e. The molecule has 0 atom stereocenters. The quantitative estimate of drug-likeness (QED) is 0.289. The van der Waals surface area contributed by atoms with Crippen molar-refractivity contribution in [2.24, 2.45) is 5.10 Å². The minimum atomic E-state index is -1.07. The maximum absolute atomic E-state index is 12.2. The summed E-state index contributed by atoms with van der Waals surface area (Å²) in [6.45, 7) is 0. The van der Waals surface area contributed by atoms with Crippen LogP contribution in [0.4, 0.5) is 5.95 Å². The second-order valence-corrected chi connectivity index (χ2v) is 6.77. The highest BCUT2D eigenvalue weighted by Crippen LogP contribution is 2.19. The lowest BCUT2D eigenvalue weighted by Gasteiger charge is -2.06. The molecule has 138 valence electrons. The van der Waals surface area contributed by atoms with Gasteiger partial charge in [0.1, 0.15) is 11.6 Å². The van der Waals surface area contributed by atoms with E-state index >= 15 is 0 Å². The van der Waals surface area contributed by atoms with Crippen LogP contribution in [-0.4, -0.2) is 27.3 Å². The van der Waals surface area contributed by atoms with Crippen molar-refractivity contribution in [1.82, 2.24) is 9.97 Å². The number of nitrogens with zero attached hydrogens (tertiary/aromatic N) is 3. The van der Waals surface area contributed by atoms with Crippen molar-refractivity contribution in [3.8, 4) is 17.3 Å². The fraction of sp³-hybridized carbons (Fsp3) is 0. The van der Waals surface area contributed by atoms with Crippen LogP contribution in [-0.2, 0) is 0 Å². The first-order valence-electron chi connectivity index (χ1n) is 7.91. The van der Waals surface area contributed by atoms with Crippen LogP contribution in [0.25, 0.3) is 11.3 Å². The number of carboxylic acids is 1. The molecule has 8 nitrogen and oxygen atoms in total. The van der Waals surface area contributed by atoms with Gasteiger partial charge in [0, 0.05) is 14.7 Å². The molecule has 0 bridgehead atoms. The Morgan fingerprint density at radius 2 is 2.04 bits per heavy atom. The number of rotatable bonds is 5. The Morgan fingerprint density at radius 1 is 1.29 bits per heavy atom. The molecule has 0 amide bonds. The Labute approximate surface area is 172 Å². The van der Waals surface area contributed by atoms with Gasteiger partial charge in [-0.2, -0.15) is 10.4 Å². The van der Waals surface area contributed by atoms with E-state index in [-0.39, 0.29) is 22.8 Å². The summed E-state index contributed by atoms with van der Waals surface area (Å²) in [5.41, 5.74) is 3.20. The molecule has 0 saturated heterocycles. The summed E-state index contributed by atoms with van der Waals surface area (Å²) in [6, 6.07) is 15.6. The predicted molar refractivity (Wildman–Crippen MR) is 112 cm³/mol. The molecule has 0 unspecified atom stereocenters. The first-order valence-corrected chi connectivity index (χ1v) is 8.99. The van der Waals surface area contributed by atoms with Gasteiger partial charge in [-0.3, -0.25) is 9.78 Å². The molecular formula is C19H12IN5O3. The smallest absolute Gasteiger partial charge is 0.336 e. The zero-order valence-electron chi connectivity index (χ0n) is 14.2. The Kier molecular flexibility index (Phi) is 5.81. The van der Waals surface area contributed by atoms with Gasteiger partial charge in [-0.25, -0.2) is 15.2 Å². The van der Waals surface area contributed by atoms with Gasteiger partial charge in [-0.15, -0.1) is 0 Å². The number of benzene rings is 2. The second kappa shape index (κ2) is 8.45. The number of aromatic amines is 1. The fourth-order valence-electron chi connectivity index (χ4n) is 2.42. The van der Waals surface area contributed by atoms with Gasteiger partial charge in [0.2, 0.25) is 5.95 Å². The van der Waals surface area contributed by atoms with E-state index in [1.54, 1.807) is 36.4 Å². The summed E-state index contributed by atoms with van der Waals surface area (Å²) >= 11 is 2.02. The summed E-state index contributed by atoms with van der Waals surface area (Å²) in [5.74, 6) is -1.04. The van der Waals surface area contributed by atoms with E-state index in [2.05, 4.69) is 20.5 Å². The molecule has 28 heavy (non-hydrogen) atoms. The average molecular weight is 485 g/mol. The van der Waals surface area contributed by atoms with Crippen LogP contribution in [0.2, 0.25) is 0 Å². The molecule has 0 saturated carbocycles. The highest BCUT2D eigenvalue weighted by atomic mass is 127. The van der Waals surface area contributed by atoms with Crippen molar-refractivity contribution in [3.63, 3.8) is 0 Å². The number of hydrazone groups is 1. The molecule has 0 aliphatic carbocycles. The molecule has 1 aromatic heterocycles. The number of nitrogens with one attached hydrogen (secondary N) is 2. The van der Waals surface area contributed by atoms with Crippen molar-refractivity contribution < 1.29 is 9.90 Å². The number of halogens is 1. The number of aromatic nitrogens is 2. The maximum Gasteiger partial charge on any atom is 0.336 e. The van der Waals surface area contributed by atoms with E-state index in [0.29, 0.717) is 11.1 Å². The number of carbonyl (C=O) groups is 1. The topological polar surface area (TPSA) is 131 Å². The molecule has 3 N–H and O–H groups in total. The Balaban J connectivity index is 1.93. The molecule has 9 heteroatoms. The van der Waals surface area contributed by atoms with E-state index in [1.807, 2.05) is 34.7 Å². The van der Waals surface area contributed by atoms with E-state index < -0.39 is 11.5 Å². The normalized spacial score (nSPS) is 10.6. The molecule has 3 rings (SSSR count). The molecule has 0 aliphatic heterocycles.